The number of carbonyl (C=O) groups is 1. The van der Waals surface area contributed by atoms with Gasteiger partial charge in [-0.25, -0.2) is 4.79 Å². The lowest BCUT2D eigenvalue weighted by Gasteiger charge is -2.18. The summed E-state index contributed by atoms with van der Waals surface area (Å²) in [6.45, 7) is 0.529. The van der Waals surface area contributed by atoms with Crippen LogP contribution in [0.3, 0.4) is 0 Å². The predicted octanol–water partition coefficient (Wildman–Crippen LogP) is 0.868. The molecule has 124 valence electrons. The van der Waals surface area contributed by atoms with Crippen molar-refractivity contribution in [3.05, 3.63) is 52.2 Å². The van der Waals surface area contributed by atoms with Crippen molar-refractivity contribution >= 4 is 12.0 Å². The molecule has 0 spiro atoms. The molecule has 1 aliphatic rings. The standard InChI is InChI=1S/C17H15NO6/c19-12-2-1-8(15(16(12)22)17(23)24)3-11-4-9-5-13(20)14(21)6-10(9)7-18-11/h1-3,5-6,18-22H,4,7H2,(H,23,24)/p+1/b11-3+. The first-order valence-corrected chi connectivity index (χ1v) is 7.22. The van der Waals surface area contributed by atoms with Crippen molar-refractivity contribution in [3.8, 4) is 23.0 Å². The molecule has 0 fully saturated rings. The van der Waals surface area contributed by atoms with Gasteiger partial charge in [0, 0.05) is 18.1 Å². The van der Waals surface area contributed by atoms with Gasteiger partial charge in [0.2, 0.25) is 0 Å². The lowest BCUT2D eigenvalue weighted by atomic mass is 9.96. The molecule has 0 aromatic heterocycles. The van der Waals surface area contributed by atoms with E-state index in [1.807, 2.05) is 5.32 Å². The Hall–Kier alpha value is -3.19. The smallest absolute Gasteiger partial charge is 0.340 e. The van der Waals surface area contributed by atoms with Crippen LogP contribution < -0.4 is 5.32 Å². The molecule has 2 aromatic carbocycles. The molecule has 0 saturated carbocycles. The number of nitrogens with two attached hydrogens (primary N) is 1. The van der Waals surface area contributed by atoms with Crippen LogP contribution in [0.2, 0.25) is 0 Å². The Balaban J connectivity index is 2.00. The Bertz CT molecular complexity index is 872. The van der Waals surface area contributed by atoms with Crippen LogP contribution >= 0.6 is 0 Å². The van der Waals surface area contributed by atoms with E-state index in [2.05, 4.69) is 0 Å². The number of hydrogen-bond acceptors (Lipinski definition) is 5. The highest BCUT2D eigenvalue weighted by molar-refractivity contribution is 5.96. The molecule has 0 saturated heterocycles. The van der Waals surface area contributed by atoms with Gasteiger partial charge in [0.15, 0.2) is 23.0 Å². The van der Waals surface area contributed by atoms with E-state index < -0.39 is 17.5 Å². The molecule has 24 heavy (non-hydrogen) atoms. The Morgan fingerprint density at radius 1 is 1.00 bits per heavy atom. The number of quaternary nitrogens is 1. The van der Waals surface area contributed by atoms with Gasteiger partial charge in [0.1, 0.15) is 17.8 Å². The normalized spacial score (nSPS) is 15.2. The number of aromatic carboxylic acids is 1. The van der Waals surface area contributed by atoms with Crippen molar-refractivity contribution in [1.82, 2.24) is 0 Å². The number of carboxylic acids is 1. The van der Waals surface area contributed by atoms with Gasteiger partial charge in [-0.15, -0.1) is 0 Å². The Kier molecular flexibility index (Phi) is 3.78. The highest BCUT2D eigenvalue weighted by atomic mass is 16.4. The summed E-state index contributed by atoms with van der Waals surface area (Å²) >= 11 is 0. The summed E-state index contributed by atoms with van der Waals surface area (Å²) in [5.41, 5.74) is 2.43. The van der Waals surface area contributed by atoms with E-state index in [0.29, 0.717) is 13.0 Å². The Morgan fingerprint density at radius 2 is 1.67 bits per heavy atom. The second-order valence-corrected chi connectivity index (χ2v) is 5.62. The molecule has 7 N–H and O–H groups in total. The topological polar surface area (TPSA) is 135 Å². The minimum absolute atomic E-state index is 0.175. The van der Waals surface area contributed by atoms with Gasteiger partial charge in [-0.2, -0.15) is 0 Å². The van der Waals surface area contributed by atoms with E-state index in [4.69, 9.17) is 0 Å². The molecule has 0 bridgehead atoms. The van der Waals surface area contributed by atoms with Gasteiger partial charge < -0.3 is 30.8 Å². The number of aromatic hydroxyl groups is 4. The van der Waals surface area contributed by atoms with Gasteiger partial charge in [-0.3, -0.25) is 0 Å². The van der Waals surface area contributed by atoms with Crippen LogP contribution in [0.4, 0.5) is 0 Å². The third-order valence-electron chi connectivity index (χ3n) is 4.02. The fourth-order valence-corrected chi connectivity index (χ4v) is 2.80. The molecule has 3 rings (SSSR count). The largest absolute Gasteiger partial charge is 0.504 e. The average Bonchev–Trinajstić information content (AvgIpc) is 2.52. The molecular weight excluding hydrogens is 314 g/mol. The molecule has 2 aromatic rings. The number of phenolic OH excluding ortho intramolecular Hbond substituents is 3. The number of phenols is 4. The average molecular weight is 330 g/mol. The summed E-state index contributed by atoms with van der Waals surface area (Å²) in [6.07, 6.45) is 2.07. The molecule has 7 nitrogen and oxygen atoms in total. The van der Waals surface area contributed by atoms with Crippen LogP contribution in [-0.2, 0) is 13.0 Å². The maximum Gasteiger partial charge on any atom is 0.340 e. The quantitative estimate of drug-likeness (QED) is 0.452. The van der Waals surface area contributed by atoms with Crippen LogP contribution in [-0.4, -0.2) is 31.5 Å². The van der Waals surface area contributed by atoms with Gasteiger partial charge in [0.25, 0.3) is 0 Å². The van der Waals surface area contributed by atoms with Gasteiger partial charge in [-0.1, -0.05) is 0 Å². The van der Waals surface area contributed by atoms with Gasteiger partial charge in [0.05, 0.1) is 0 Å². The summed E-state index contributed by atoms with van der Waals surface area (Å²) in [5, 5.41) is 49.5. The molecule has 1 heterocycles. The summed E-state index contributed by atoms with van der Waals surface area (Å²) in [4.78, 5) is 11.3. The number of hydrogen-bond donors (Lipinski definition) is 6. The third-order valence-corrected chi connectivity index (χ3v) is 4.02. The molecule has 1 aliphatic heterocycles. The minimum Gasteiger partial charge on any atom is -0.504 e. The number of allylic oxidation sites excluding steroid dienone is 1. The van der Waals surface area contributed by atoms with Crippen molar-refractivity contribution in [2.75, 3.05) is 0 Å². The maximum absolute atomic E-state index is 11.3. The minimum atomic E-state index is -1.34. The maximum atomic E-state index is 11.3. The monoisotopic (exact) mass is 330 g/mol. The van der Waals surface area contributed by atoms with Crippen molar-refractivity contribution in [1.29, 1.82) is 0 Å². The molecule has 0 aliphatic carbocycles. The number of benzene rings is 2. The first-order valence-electron chi connectivity index (χ1n) is 7.22. The highest BCUT2D eigenvalue weighted by Crippen LogP contribution is 2.33. The van der Waals surface area contributed by atoms with E-state index >= 15 is 0 Å². The Morgan fingerprint density at radius 3 is 2.33 bits per heavy atom. The zero-order valence-electron chi connectivity index (χ0n) is 12.5. The zero-order chi connectivity index (χ0) is 17.4. The van der Waals surface area contributed by atoms with Crippen molar-refractivity contribution in [2.24, 2.45) is 0 Å². The van der Waals surface area contributed by atoms with Crippen LogP contribution in [0.5, 0.6) is 23.0 Å². The number of fused-ring (bicyclic) bond motifs is 1. The summed E-state index contributed by atoms with van der Waals surface area (Å²) in [5.74, 6) is -2.88. The van der Waals surface area contributed by atoms with E-state index in [1.165, 1.54) is 24.3 Å². The predicted molar refractivity (Wildman–Crippen MR) is 83.8 cm³/mol. The van der Waals surface area contributed by atoms with Crippen LogP contribution in [0.25, 0.3) is 6.08 Å². The first-order chi connectivity index (χ1) is 11.4. The fraction of sp³-hybridized carbons (Fsp3) is 0.118. The third kappa shape index (κ3) is 2.72. The zero-order valence-corrected chi connectivity index (χ0v) is 12.5. The summed E-state index contributed by atoms with van der Waals surface area (Å²) in [6, 6.07) is 5.64. The lowest BCUT2D eigenvalue weighted by Crippen LogP contribution is -2.82. The fourth-order valence-electron chi connectivity index (χ4n) is 2.80. The second kappa shape index (κ2) is 5.78. The van der Waals surface area contributed by atoms with Crippen molar-refractivity contribution in [3.63, 3.8) is 0 Å². The van der Waals surface area contributed by atoms with Crippen molar-refractivity contribution < 1.29 is 35.6 Å². The molecular formula is C17H16NO6+. The molecule has 7 heteroatoms. The second-order valence-electron chi connectivity index (χ2n) is 5.62. The van der Waals surface area contributed by atoms with E-state index in [1.54, 1.807) is 6.08 Å². The van der Waals surface area contributed by atoms with Crippen LogP contribution in [0, 0.1) is 0 Å². The SMILES string of the molecule is O=C(O)c1c(/C=C2\Cc3cc(O)c(O)cc3C[NH2+]2)ccc(O)c1O. The lowest BCUT2D eigenvalue weighted by molar-refractivity contribution is -0.626. The van der Waals surface area contributed by atoms with E-state index in [9.17, 15) is 30.3 Å². The molecule has 0 radical (unpaired) electrons. The van der Waals surface area contributed by atoms with E-state index in [0.717, 1.165) is 16.8 Å². The van der Waals surface area contributed by atoms with Gasteiger partial charge in [-0.05, 0) is 35.4 Å². The first kappa shape index (κ1) is 15.7. The molecule has 0 unspecified atom stereocenters. The van der Waals surface area contributed by atoms with Crippen LogP contribution in [0.1, 0.15) is 27.0 Å². The summed E-state index contributed by atoms with van der Waals surface area (Å²) < 4.78 is 0. The molecule has 0 atom stereocenters. The number of carboxylic acid groups (broad SMARTS) is 1. The van der Waals surface area contributed by atoms with Crippen LogP contribution in [0.15, 0.2) is 30.0 Å². The van der Waals surface area contributed by atoms with E-state index in [-0.39, 0.29) is 22.6 Å². The van der Waals surface area contributed by atoms with Crippen molar-refractivity contribution in [2.45, 2.75) is 13.0 Å². The number of rotatable bonds is 2. The Labute approximate surface area is 136 Å². The summed E-state index contributed by atoms with van der Waals surface area (Å²) in [7, 11) is 0. The highest BCUT2D eigenvalue weighted by Gasteiger charge is 2.22. The molecule has 0 amide bonds. The van der Waals surface area contributed by atoms with Gasteiger partial charge >= 0.3 is 5.97 Å².